The van der Waals surface area contributed by atoms with Crippen LogP contribution in [-0.4, -0.2) is 9.97 Å². The van der Waals surface area contributed by atoms with Gasteiger partial charge in [-0.3, -0.25) is 0 Å². The average molecular weight is 766 g/mol. The Hall–Kier alpha value is -7.67. The van der Waals surface area contributed by atoms with Gasteiger partial charge in [-0.25, -0.2) is 9.97 Å². The maximum Gasteiger partial charge on any atom is 0.160 e. The molecule has 2 aliphatic carbocycles. The van der Waals surface area contributed by atoms with Crippen LogP contribution >= 0.6 is 0 Å². The standard InChI is InChI=1S/C57H39N3/c1-56(2)49-26-10-12-28-51(49)57(52-29-13-11-27-50(52)56)47-25-9-8-23-44(47)46-34-41(30-31-48(46)57)43-22-6-7-24-45(43)54-35-53(59-55(60-54)38-17-4-3-5-18-38)42-21-15-20-40(33-42)39-19-14-16-37(32-39)36-58/h3-35H,1-2H3. The van der Waals surface area contributed by atoms with Crippen LogP contribution in [0.2, 0.25) is 0 Å². The van der Waals surface area contributed by atoms with Gasteiger partial charge in [0.05, 0.1) is 28.4 Å². The fourth-order valence-electron chi connectivity index (χ4n) is 10.1. The van der Waals surface area contributed by atoms with Crippen molar-refractivity contribution in [1.29, 1.82) is 5.26 Å². The number of nitriles is 1. The molecule has 0 amide bonds. The van der Waals surface area contributed by atoms with Crippen LogP contribution in [-0.2, 0) is 10.8 Å². The molecule has 0 saturated carbocycles. The van der Waals surface area contributed by atoms with Crippen LogP contribution in [0.25, 0.3) is 67.3 Å². The van der Waals surface area contributed by atoms with Gasteiger partial charge in [0, 0.05) is 22.1 Å². The number of fused-ring (bicyclic) bond motifs is 9. The molecule has 0 saturated heterocycles. The molecule has 0 atom stereocenters. The van der Waals surface area contributed by atoms with Gasteiger partial charge in [0.25, 0.3) is 0 Å². The van der Waals surface area contributed by atoms with Crippen molar-refractivity contribution < 1.29 is 0 Å². The van der Waals surface area contributed by atoms with Crippen LogP contribution in [0, 0.1) is 11.3 Å². The van der Waals surface area contributed by atoms with Gasteiger partial charge in [0.15, 0.2) is 5.82 Å². The predicted molar refractivity (Wildman–Crippen MR) is 243 cm³/mol. The molecule has 0 aliphatic heterocycles. The lowest BCUT2D eigenvalue weighted by Gasteiger charge is -2.46. The average Bonchev–Trinajstić information content (AvgIpc) is 3.61. The van der Waals surface area contributed by atoms with E-state index in [2.05, 4.69) is 178 Å². The quantitative estimate of drug-likeness (QED) is 0.175. The zero-order valence-electron chi connectivity index (χ0n) is 33.4. The highest BCUT2D eigenvalue weighted by Crippen LogP contribution is 2.62. The number of rotatable bonds is 5. The third-order valence-electron chi connectivity index (χ3n) is 12.8. The molecular formula is C57H39N3. The van der Waals surface area contributed by atoms with Gasteiger partial charge in [0.1, 0.15) is 0 Å². The Bertz CT molecular complexity index is 3160. The highest BCUT2D eigenvalue weighted by Gasteiger charge is 2.53. The molecule has 60 heavy (non-hydrogen) atoms. The van der Waals surface area contributed by atoms with E-state index in [9.17, 15) is 5.26 Å². The summed E-state index contributed by atoms with van der Waals surface area (Å²) in [4.78, 5) is 10.5. The van der Waals surface area contributed by atoms with Crippen molar-refractivity contribution in [3.05, 3.63) is 239 Å². The molecule has 1 aromatic heterocycles. The molecule has 1 heterocycles. The van der Waals surface area contributed by atoms with Crippen LogP contribution in [0.4, 0.5) is 0 Å². The predicted octanol–water partition coefficient (Wildman–Crippen LogP) is 13.7. The van der Waals surface area contributed by atoms with E-state index in [1.54, 1.807) is 0 Å². The Balaban J connectivity index is 1.10. The Kier molecular flexibility index (Phi) is 8.12. The number of aromatic nitrogens is 2. The first-order valence-corrected chi connectivity index (χ1v) is 20.5. The summed E-state index contributed by atoms with van der Waals surface area (Å²) < 4.78 is 0. The molecule has 11 rings (SSSR count). The Morgan fingerprint density at radius 2 is 0.900 bits per heavy atom. The molecule has 3 heteroatoms. The van der Waals surface area contributed by atoms with Crippen molar-refractivity contribution in [3.8, 4) is 73.4 Å². The van der Waals surface area contributed by atoms with Crippen LogP contribution in [0.15, 0.2) is 200 Å². The third-order valence-corrected chi connectivity index (χ3v) is 12.8. The van der Waals surface area contributed by atoms with E-state index in [-0.39, 0.29) is 5.41 Å². The van der Waals surface area contributed by atoms with Crippen LogP contribution < -0.4 is 0 Å². The number of nitrogens with zero attached hydrogens (tertiary/aromatic N) is 3. The van der Waals surface area contributed by atoms with Crippen molar-refractivity contribution in [2.45, 2.75) is 24.7 Å². The smallest absolute Gasteiger partial charge is 0.160 e. The van der Waals surface area contributed by atoms with Gasteiger partial charge in [-0.2, -0.15) is 5.26 Å². The Morgan fingerprint density at radius 3 is 1.62 bits per heavy atom. The van der Waals surface area contributed by atoms with Crippen molar-refractivity contribution in [3.63, 3.8) is 0 Å². The molecule has 0 N–H and O–H groups in total. The number of hydrogen-bond donors (Lipinski definition) is 0. The van der Waals surface area contributed by atoms with Crippen LogP contribution in [0.1, 0.15) is 52.8 Å². The first kappa shape index (κ1) is 35.5. The van der Waals surface area contributed by atoms with Crippen LogP contribution in [0.3, 0.4) is 0 Å². The first-order valence-electron chi connectivity index (χ1n) is 20.5. The van der Waals surface area contributed by atoms with Gasteiger partial charge >= 0.3 is 0 Å². The second-order valence-corrected chi connectivity index (χ2v) is 16.4. The van der Waals surface area contributed by atoms with Crippen molar-refractivity contribution in [2.75, 3.05) is 0 Å². The Labute approximate surface area is 351 Å². The van der Waals surface area contributed by atoms with E-state index in [1.807, 2.05) is 42.5 Å². The molecule has 2 aliphatic rings. The zero-order valence-corrected chi connectivity index (χ0v) is 33.4. The van der Waals surface area contributed by atoms with E-state index < -0.39 is 5.41 Å². The minimum atomic E-state index is -0.441. The topological polar surface area (TPSA) is 49.6 Å². The molecule has 0 radical (unpaired) electrons. The molecule has 8 aromatic carbocycles. The molecule has 0 unspecified atom stereocenters. The van der Waals surface area contributed by atoms with Crippen molar-refractivity contribution >= 4 is 0 Å². The monoisotopic (exact) mass is 765 g/mol. The first-order chi connectivity index (χ1) is 29.4. The summed E-state index contributed by atoms with van der Waals surface area (Å²) in [6.07, 6.45) is 0. The van der Waals surface area contributed by atoms with E-state index in [0.29, 0.717) is 11.4 Å². The largest absolute Gasteiger partial charge is 0.228 e. The third kappa shape index (κ3) is 5.35. The van der Waals surface area contributed by atoms with Crippen molar-refractivity contribution in [1.82, 2.24) is 9.97 Å². The second kappa shape index (κ2) is 13.7. The molecular weight excluding hydrogens is 727 g/mol. The maximum atomic E-state index is 9.59. The van der Waals surface area contributed by atoms with E-state index in [1.165, 1.54) is 44.5 Å². The lowest BCUT2D eigenvalue weighted by Crippen LogP contribution is -2.40. The van der Waals surface area contributed by atoms with Gasteiger partial charge < -0.3 is 0 Å². The fourth-order valence-corrected chi connectivity index (χ4v) is 10.1. The lowest BCUT2D eigenvalue weighted by atomic mass is 9.55. The lowest BCUT2D eigenvalue weighted by molar-refractivity contribution is 0.563. The van der Waals surface area contributed by atoms with E-state index in [4.69, 9.17) is 9.97 Å². The fraction of sp³-hybridized carbons (Fsp3) is 0.0702. The summed E-state index contributed by atoms with van der Waals surface area (Å²) in [5, 5.41) is 9.59. The molecule has 282 valence electrons. The van der Waals surface area contributed by atoms with Crippen LogP contribution in [0.5, 0.6) is 0 Å². The minimum absolute atomic E-state index is 0.145. The zero-order chi connectivity index (χ0) is 40.4. The summed E-state index contributed by atoms with van der Waals surface area (Å²) in [7, 11) is 0. The summed E-state index contributed by atoms with van der Waals surface area (Å²) >= 11 is 0. The number of hydrogen-bond acceptors (Lipinski definition) is 3. The van der Waals surface area contributed by atoms with Gasteiger partial charge in [-0.1, -0.05) is 184 Å². The van der Waals surface area contributed by atoms with E-state index in [0.717, 1.165) is 50.3 Å². The summed E-state index contributed by atoms with van der Waals surface area (Å²) in [6, 6.07) is 73.7. The highest BCUT2D eigenvalue weighted by atomic mass is 14.9. The molecule has 1 spiro atoms. The summed E-state index contributed by atoms with van der Waals surface area (Å²) in [6.45, 7) is 4.74. The van der Waals surface area contributed by atoms with Gasteiger partial charge in [-0.15, -0.1) is 0 Å². The second-order valence-electron chi connectivity index (χ2n) is 16.4. The highest BCUT2D eigenvalue weighted by molar-refractivity contribution is 5.93. The van der Waals surface area contributed by atoms with Gasteiger partial charge in [-0.05, 0) is 97.1 Å². The molecule has 9 aromatic rings. The molecule has 3 nitrogen and oxygen atoms in total. The SMILES string of the molecule is CC1(C)c2ccccc2C2(c3ccccc3-c3cc(-c4ccccc4-c4cc(-c5cccc(-c6cccc(C#N)c6)c5)nc(-c5ccccc5)n4)ccc32)c2ccccc21. The molecule has 0 fully saturated rings. The molecule has 0 bridgehead atoms. The summed E-state index contributed by atoms with van der Waals surface area (Å²) in [5.74, 6) is 0.664. The van der Waals surface area contributed by atoms with E-state index >= 15 is 0 Å². The van der Waals surface area contributed by atoms with Gasteiger partial charge in [0.2, 0.25) is 0 Å². The minimum Gasteiger partial charge on any atom is -0.228 e. The van der Waals surface area contributed by atoms with Crippen molar-refractivity contribution in [2.24, 2.45) is 0 Å². The Morgan fingerprint density at radius 1 is 0.367 bits per heavy atom. The summed E-state index contributed by atoms with van der Waals surface area (Å²) in [5.41, 5.74) is 19.6. The maximum absolute atomic E-state index is 9.59. The number of benzene rings is 8. The normalized spacial score (nSPS) is 13.8.